The van der Waals surface area contributed by atoms with E-state index in [1.165, 1.54) is 46.8 Å². The fourth-order valence-electron chi connectivity index (χ4n) is 10.7. The van der Waals surface area contributed by atoms with Gasteiger partial charge in [0.25, 0.3) is 0 Å². The minimum atomic E-state index is -1.50. The van der Waals surface area contributed by atoms with Crippen LogP contribution in [0.3, 0.4) is 0 Å². The average Bonchev–Trinajstić information content (AvgIpc) is 3.75. The summed E-state index contributed by atoms with van der Waals surface area (Å²) in [7, 11) is 4.86. The predicted octanol–water partition coefficient (Wildman–Crippen LogP) is 4.26. The van der Waals surface area contributed by atoms with Crippen LogP contribution in [-0.2, 0) is 42.2 Å². The predicted molar refractivity (Wildman–Crippen MR) is 232 cm³/mol. The number of phenolic OH excluding ortho intramolecular Hbond substituents is 1. The molecule has 1 spiro atoms. The Morgan fingerprint density at radius 2 is 1.75 bits per heavy atom. The number of alkyl carbamates (subject to hydrolysis) is 1. The molecule has 2 saturated heterocycles. The number of esters is 3. The monoisotopic (exact) mass is 916 g/mol. The Morgan fingerprint density at radius 1 is 1.00 bits per heavy atom. The van der Waals surface area contributed by atoms with Gasteiger partial charge in [-0.05, 0) is 82.0 Å². The van der Waals surface area contributed by atoms with E-state index in [4.69, 9.17) is 37.9 Å². The topological polar surface area (TPSA) is 213 Å². The number of ether oxygens (including phenoxy) is 8. The maximum absolute atomic E-state index is 15.0. The van der Waals surface area contributed by atoms with Crippen LogP contribution >= 0.6 is 11.8 Å². The second kappa shape index (κ2) is 16.6. The smallest absolute Gasteiger partial charge is 0.412 e. The van der Waals surface area contributed by atoms with Crippen LogP contribution in [0.25, 0.3) is 0 Å². The number of nitrogens with zero attached hydrogens (tertiary/aromatic N) is 2. The molecule has 7 heterocycles. The number of carbonyl (C=O) groups excluding carboxylic acids is 4. The van der Waals surface area contributed by atoms with Crippen molar-refractivity contribution in [1.82, 2.24) is 20.4 Å². The molecule has 7 aliphatic rings. The molecular formula is C46H52N4O14S. The summed E-state index contributed by atoms with van der Waals surface area (Å²) < 4.78 is 47.1. The van der Waals surface area contributed by atoms with E-state index >= 15 is 4.79 Å². The molecule has 2 fully saturated rings. The molecule has 18 nitrogen and oxygen atoms in total. The molecule has 7 aliphatic heterocycles. The summed E-state index contributed by atoms with van der Waals surface area (Å²) in [5.41, 5.74) is 3.74. The Morgan fingerprint density at radius 3 is 2.46 bits per heavy atom. The largest absolute Gasteiger partial charge is 0.504 e. The minimum absolute atomic E-state index is 0.000693. The number of aromatic hydroxyl groups is 1. The first-order valence-electron chi connectivity index (χ1n) is 21.3. The van der Waals surface area contributed by atoms with Gasteiger partial charge in [-0.2, -0.15) is 0 Å². The zero-order chi connectivity index (χ0) is 46.4. The van der Waals surface area contributed by atoms with Crippen molar-refractivity contribution in [3.05, 3.63) is 75.0 Å². The van der Waals surface area contributed by atoms with Gasteiger partial charge in [-0.15, -0.1) is 11.8 Å². The summed E-state index contributed by atoms with van der Waals surface area (Å²) in [6, 6.07) is 1.71. The summed E-state index contributed by atoms with van der Waals surface area (Å²) in [6.07, 6.45) is -1.12. The molecule has 346 valence electrons. The third-order valence-electron chi connectivity index (χ3n) is 13.4. The molecule has 10 rings (SSSR count). The quantitative estimate of drug-likeness (QED) is 0.148. The van der Waals surface area contributed by atoms with Crippen molar-refractivity contribution in [3.8, 4) is 40.2 Å². The van der Waals surface area contributed by atoms with E-state index in [-0.39, 0.29) is 47.9 Å². The van der Waals surface area contributed by atoms with Crippen molar-refractivity contribution < 1.29 is 67.3 Å². The first-order valence-corrected chi connectivity index (χ1v) is 22.4. The molecule has 65 heavy (non-hydrogen) atoms. The van der Waals surface area contributed by atoms with Gasteiger partial charge in [0.2, 0.25) is 6.79 Å². The van der Waals surface area contributed by atoms with Gasteiger partial charge in [0.05, 0.1) is 43.4 Å². The molecule has 3 aromatic rings. The van der Waals surface area contributed by atoms with Crippen molar-refractivity contribution in [1.29, 1.82) is 0 Å². The van der Waals surface area contributed by atoms with Crippen molar-refractivity contribution in [3.63, 3.8) is 0 Å². The van der Waals surface area contributed by atoms with Crippen LogP contribution in [0, 0.1) is 13.8 Å². The second-order valence-corrected chi connectivity index (χ2v) is 18.4. The van der Waals surface area contributed by atoms with Crippen LogP contribution in [0.5, 0.6) is 40.2 Å². The molecule has 0 aromatic heterocycles. The van der Waals surface area contributed by atoms with Crippen LogP contribution < -0.4 is 39.1 Å². The van der Waals surface area contributed by atoms with Gasteiger partial charge in [-0.25, -0.2) is 14.4 Å². The van der Waals surface area contributed by atoms with E-state index in [1.807, 2.05) is 24.9 Å². The normalized spacial score (nSPS) is 26.6. The van der Waals surface area contributed by atoms with Gasteiger partial charge in [0, 0.05) is 47.5 Å². The highest BCUT2D eigenvalue weighted by atomic mass is 32.2. The third-order valence-corrected chi connectivity index (χ3v) is 14.9. The van der Waals surface area contributed by atoms with Crippen LogP contribution in [-0.4, -0.2) is 115 Å². The molecule has 1 amide bonds. The first kappa shape index (κ1) is 44.5. The number of aliphatic hydroxyl groups excluding tert-OH is 1. The van der Waals surface area contributed by atoms with Crippen molar-refractivity contribution in [2.45, 2.75) is 94.7 Å². The lowest BCUT2D eigenvalue weighted by atomic mass is 9.73. The maximum Gasteiger partial charge on any atom is 0.412 e. The van der Waals surface area contributed by atoms with E-state index in [9.17, 15) is 24.6 Å². The summed E-state index contributed by atoms with van der Waals surface area (Å²) in [4.78, 5) is 57.6. The van der Waals surface area contributed by atoms with Gasteiger partial charge >= 0.3 is 24.0 Å². The number of hydrogen-bond donors (Lipinski definition) is 4. The standard InChI is InChI=1S/C46H52N4O14S/c1-19(2)62-45(56)48-22(5)43(54)64-30-14-24-10-11-47-46(26(24)15-29(30)57-8)17-65-41-33-32(40-39(60-18-61-40)21(4)38(33)63-23(6)51)28(16-59-44(46)55)50-35(41)34-31-25(13-27(42(50)53)49(34)7)12-20(3)37(58-9)36(31)52/h12,14-15,22,27-28,34-35,41-42,47,52-53H,1,10-11,13,16-18H2,2-9H3,(H,48,56)/t22-,27-,28-,34-,35?,41+,42-,46+/m0/s1. The number of methoxy groups -OCH3 is 2. The zero-order valence-electron chi connectivity index (χ0n) is 37.3. The van der Waals surface area contributed by atoms with E-state index in [1.54, 1.807) is 19.1 Å². The number of likely N-dealkylation sites (N-methyl/N-ethyl adjacent to an activating group) is 1. The zero-order valence-corrected chi connectivity index (χ0v) is 38.1. The number of fused-ring (bicyclic) bond motifs is 9. The number of piperazine rings is 1. The van der Waals surface area contributed by atoms with E-state index < -0.39 is 71.2 Å². The summed E-state index contributed by atoms with van der Waals surface area (Å²) in [5, 5.41) is 30.0. The number of benzene rings is 3. The number of amides is 1. The van der Waals surface area contributed by atoms with Gasteiger partial charge in [0.1, 0.15) is 24.6 Å². The van der Waals surface area contributed by atoms with Crippen molar-refractivity contribution in [2.75, 3.05) is 47.0 Å². The number of aliphatic hydroxyl groups is 1. The number of rotatable bonds is 7. The van der Waals surface area contributed by atoms with Crippen molar-refractivity contribution >= 4 is 35.8 Å². The lowest BCUT2D eigenvalue weighted by Crippen LogP contribution is -2.70. The lowest BCUT2D eigenvalue weighted by molar-refractivity contribution is -0.186. The summed E-state index contributed by atoms with van der Waals surface area (Å²) >= 11 is 1.41. The van der Waals surface area contributed by atoms with Crippen LogP contribution in [0.15, 0.2) is 30.5 Å². The minimum Gasteiger partial charge on any atom is -0.504 e. The summed E-state index contributed by atoms with van der Waals surface area (Å²) in [5.74, 6) is -0.0959. The molecule has 0 aliphatic carbocycles. The van der Waals surface area contributed by atoms with Crippen LogP contribution in [0.1, 0.15) is 82.6 Å². The fraction of sp³-hybridized carbons (Fsp3) is 0.478. The van der Waals surface area contributed by atoms with Crippen LogP contribution in [0.4, 0.5) is 4.79 Å². The molecule has 0 saturated carbocycles. The van der Waals surface area contributed by atoms with Gasteiger partial charge in [0.15, 0.2) is 40.0 Å². The number of aryl methyl sites for hydroxylation is 1. The molecule has 0 radical (unpaired) electrons. The van der Waals surface area contributed by atoms with E-state index in [2.05, 4.69) is 22.1 Å². The highest BCUT2D eigenvalue weighted by Gasteiger charge is 2.61. The average molecular weight is 917 g/mol. The van der Waals surface area contributed by atoms with E-state index in [0.29, 0.717) is 70.0 Å². The Hall–Kier alpha value is -5.73. The number of hydrogen-bond acceptors (Lipinski definition) is 18. The Bertz CT molecular complexity index is 2550. The van der Waals surface area contributed by atoms with Gasteiger partial charge < -0.3 is 53.4 Å². The molecule has 4 bridgehead atoms. The fourth-order valence-corrected chi connectivity index (χ4v) is 12.4. The molecule has 19 heteroatoms. The summed E-state index contributed by atoms with van der Waals surface area (Å²) in [6.45, 7) is 11.4. The first-order chi connectivity index (χ1) is 31.0. The number of thioether (sulfide) groups is 1. The molecule has 4 N–H and O–H groups in total. The van der Waals surface area contributed by atoms with Crippen molar-refractivity contribution in [2.24, 2.45) is 0 Å². The second-order valence-electron chi connectivity index (χ2n) is 17.3. The highest BCUT2D eigenvalue weighted by molar-refractivity contribution is 7.99. The number of phenols is 1. The molecular weight excluding hydrogens is 865 g/mol. The molecule has 1 unspecified atom stereocenters. The number of allylic oxidation sites excluding steroid dienone is 1. The van der Waals surface area contributed by atoms with Crippen LogP contribution in [0.2, 0.25) is 0 Å². The third kappa shape index (κ3) is 7.01. The van der Waals surface area contributed by atoms with Gasteiger partial charge in [-0.1, -0.05) is 12.6 Å². The Balaban J connectivity index is 1.20. The van der Waals surface area contributed by atoms with Gasteiger partial charge in [-0.3, -0.25) is 19.9 Å². The Labute approximate surface area is 379 Å². The Kier molecular flexibility index (Phi) is 11.4. The lowest BCUT2D eigenvalue weighted by Gasteiger charge is -2.62. The maximum atomic E-state index is 15.0. The van der Waals surface area contributed by atoms with E-state index in [0.717, 1.165) is 11.1 Å². The highest BCUT2D eigenvalue weighted by Crippen LogP contribution is 2.64. The SMILES string of the molecule is C=C(C)OC(=O)N[C@@H](C)C(=O)Oc1cc2c(cc1OC)[C@@]1(CS[C@@H]3c4c(OC(C)=O)c(C)c5c(c4[C@H](COC1=O)N1C3[C@@H]3c4c(cc(C)c(OC)c4O)C[C@@H]([C@@H]1O)N3C)OCO5)NCC2. The number of nitrogens with one attached hydrogen (secondary N) is 2. The molecule has 8 atom stereocenters. The molecule has 3 aromatic carbocycles. The number of carbonyl (C=O) groups is 4.